The van der Waals surface area contributed by atoms with Crippen molar-refractivity contribution in [1.82, 2.24) is 5.32 Å². The lowest BCUT2D eigenvalue weighted by Crippen LogP contribution is -2.32. The van der Waals surface area contributed by atoms with Crippen LogP contribution < -0.4 is 10.6 Å². The fourth-order valence-electron chi connectivity index (χ4n) is 2.32. The molecule has 2 aromatic rings. The van der Waals surface area contributed by atoms with Crippen molar-refractivity contribution in [2.45, 2.75) is 26.2 Å². The number of carbonyl (C=O) groups excluding carboxylic acids is 2. The van der Waals surface area contributed by atoms with Gasteiger partial charge in [-0.05, 0) is 41.3 Å². The van der Waals surface area contributed by atoms with E-state index in [-0.39, 0.29) is 23.4 Å². The Labute approximate surface area is 152 Å². The number of anilines is 1. The molecule has 0 bridgehead atoms. The van der Waals surface area contributed by atoms with Crippen LogP contribution in [-0.4, -0.2) is 29.4 Å². The van der Waals surface area contributed by atoms with Crippen molar-refractivity contribution in [3.05, 3.63) is 65.2 Å². The van der Waals surface area contributed by atoms with Gasteiger partial charge in [-0.3, -0.25) is 9.59 Å². The minimum absolute atomic E-state index is 0.000614. The zero-order chi connectivity index (χ0) is 19.3. The zero-order valence-corrected chi connectivity index (χ0v) is 15.0. The van der Waals surface area contributed by atoms with Gasteiger partial charge in [0.05, 0.1) is 12.1 Å². The lowest BCUT2D eigenvalue weighted by atomic mass is 9.87. The van der Waals surface area contributed by atoms with E-state index >= 15 is 0 Å². The number of hydrogen-bond acceptors (Lipinski definition) is 3. The minimum atomic E-state index is -1.08. The average molecular weight is 354 g/mol. The molecular weight excluding hydrogens is 332 g/mol. The first-order valence-electron chi connectivity index (χ1n) is 8.19. The Hall–Kier alpha value is -3.15. The van der Waals surface area contributed by atoms with E-state index in [1.165, 1.54) is 18.2 Å². The molecule has 0 saturated carbocycles. The first-order chi connectivity index (χ1) is 12.2. The molecule has 0 unspecified atom stereocenters. The molecule has 2 amide bonds. The quantitative estimate of drug-likeness (QED) is 0.769. The number of nitrogens with one attached hydrogen (secondary N) is 2. The van der Waals surface area contributed by atoms with E-state index in [9.17, 15) is 14.4 Å². The molecule has 0 spiro atoms. The topological polar surface area (TPSA) is 95.5 Å². The molecule has 0 fully saturated rings. The van der Waals surface area contributed by atoms with Crippen LogP contribution in [0.5, 0.6) is 0 Å². The largest absolute Gasteiger partial charge is 0.478 e. The molecule has 0 aromatic heterocycles. The summed E-state index contributed by atoms with van der Waals surface area (Å²) < 4.78 is 0. The number of amides is 2. The summed E-state index contributed by atoms with van der Waals surface area (Å²) in [6, 6.07) is 13.1. The second kappa shape index (κ2) is 7.82. The predicted molar refractivity (Wildman–Crippen MR) is 99.5 cm³/mol. The summed E-state index contributed by atoms with van der Waals surface area (Å²) in [5.41, 5.74) is 2.02. The molecule has 6 heteroatoms. The van der Waals surface area contributed by atoms with Crippen molar-refractivity contribution in [1.29, 1.82) is 0 Å². The van der Waals surface area contributed by atoms with E-state index in [0.717, 1.165) is 5.56 Å². The maximum atomic E-state index is 12.1. The van der Waals surface area contributed by atoms with Gasteiger partial charge in [0.25, 0.3) is 5.91 Å². The van der Waals surface area contributed by atoms with Gasteiger partial charge in [0.2, 0.25) is 5.91 Å². The first kappa shape index (κ1) is 19.2. The molecule has 3 N–H and O–H groups in total. The van der Waals surface area contributed by atoms with Crippen LogP contribution in [-0.2, 0) is 10.2 Å². The smallest absolute Gasteiger partial charge is 0.335 e. The van der Waals surface area contributed by atoms with E-state index in [0.29, 0.717) is 11.3 Å². The summed E-state index contributed by atoms with van der Waals surface area (Å²) in [6.07, 6.45) is 0. The average Bonchev–Trinajstić information content (AvgIpc) is 2.59. The third-order valence-electron chi connectivity index (χ3n) is 3.82. The Morgan fingerprint density at radius 1 is 0.962 bits per heavy atom. The van der Waals surface area contributed by atoms with Crippen molar-refractivity contribution < 1.29 is 19.5 Å². The number of rotatable bonds is 5. The van der Waals surface area contributed by atoms with Gasteiger partial charge in [0, 0.05) is 11.3 Å². The van der Waals surface area contributed by atoms with Crippen LogP contribution in [0.3, 0.4) is 0 Å². The maximum Gasteiger partial charge on any atom is 0.335 e. The third-order valence-corrected chi connectivity index (χ3v) is 3.82. The van der Waals surface area contributed by atoms with Crippen LogP contribution in [0.1, 0.15) is 47.1 Å². The third kappa shape index (κ3) is 5.17. The highest BCUT2D eigenvalue weighted by Crippen LogP contribution is 2.22. The highest BCUT2D eigenvalue weighted by atomic mass is 16.4. The van der Waals surface area contributed by atoms with E-state index < -0.39 is 11.9 Å². The van der Waals surface area contributed by atoms with E-state index in [4.69, 9.17) is 5.11 Å². The SMILES string of the molecule is CC(C)(C)c1ccc(C(=O)NCC(=O)Nc2cccc(C(=O)O)c2)cc1. The molecule has 136 valence electrons. The second-order valence-corrected chi connectivity index (χ2v) is 6.94. The monoisotopic (exact) mass is 354 g/mol. The molecule has 6 nitrogen and oxygen atoms in total. The highest BCUT2D eigenvalue weighted by molar-refractivity contribution is 5.99. The fourth-order valence-corrected chi connectivity index (χ4v) is 2.32. The highest BCUT2D eigenvalue weighted by Gasteiger charge is 2.14. The Kier molecular flexibility index (Phi) is 5.77. The summed E-state index contributed by atoms with van der Waals surface area (Å²) in [4.78, 5) is 35.0. The van der Waals surface area contributed by atoms with Crippen LogP contribution in [0.15, 0.2) is 48.5 Å². The summed E-state index contributed by atoms with van der Waals surface area (Å²) in [6.45, 7) is 6.06. The van der Waals surface area contributed by atoms with Crippen LogP contribution in [0.2, 0.25) is 0 Å². The van der Waals surface area contributed by atoms with Gasteiger partial charge in [0.15, 0.2) is 0 Å². The van der Waals surface area contributed by atoms with Crippen molar-refractivity contribution in [3.63, 3.8) is 0 Å². The molecule has 0 saturated heterocycles. The van der Waals surface area contributed by atoms with Crippen LogP contribution >= 0.6 is 0 Å². The predicted octanol–water partition coefficient (Wildman–Crippen LogP) is 3.05. The van der Waals surface area contributed by atoms with Crippen LogP contribution in [0.25, 0.3) is 0 Å². The lowest BCUT2D eigenvalue weighted by molar-refractivity contribution is -0.115. The summed E-state index contributed by atoms with van der Waals surface area (Å²) in [7, 11) is 0. The van der Waals surface area contributed by atoms with E-state index in [1.807, 2.05) is 12.1 Å². The molecular formula is C20H22N2O4. The Balaban J connectivity index is 1.91. The van der Waals surface area contributed by atoms with Crippen molar-refractivity contribution in [2.75, 3.05) is 11.9 Å². The van der Waals surface area contributed by atoms with Gasteiger partial charge in [-0.1, -0.05) is 39.0 Å². The molecule has 0 radical (unpaired) electrons. The minimum Gasteiger partial charge on any atom is -0.478 e. The van der Waals surface area contributed by atoms with Crippen molar-refractivity contribution in [3.8, 4) is 0 Å². The number of benzene rings is 2. The number of carboxylic acids is 1. The molecule has 0 aliphatic rings. The Bertz CT molecular complexity index is 820. The molecule has 2 aromatic carbocycles. The van der Waals surface area contributed by atoms with Gasteiger partial charge in [-0.15, -0.1) is 0 Å². The maximum absolute atomic E-state index is 12.1. The fraction of sp³-hybridized carbons (Fsp3) is 0.250. The van der Waals surface area contributed by atoms with Crippen molar-refractivity contribution >= 4 is 23.5 Å². The zero-order valence-electron chi connectivity index (χ0n) is 15.0. The number of hydrogen-bond donors (Lipinski definition) is 3. The van der Waals surface area contributed by atoms with Crippen LogP contribution in [0.4, 0.5) is 5.69 Å². The normalized spacial score (nSPS) is 10.9. The van der Waals surface area contributed by atoms with Gasteiger partial charge in [0.1, 0.15) is 0 Å². The summed E-state index contributed by atoms with van der Waals surface area (Å²) >= 11 is 0. The number of carboxylic acid groups (broad SMARTS) is 1. The van der Waals surface area contributed by atoms with Crippen LogP contribution in [0, 0.1) is 0 Å². The Morgan fingerprint density at radius 2 is 1.62 bits per heavy atom. The summed E-state index contributed by atoms with van der Waals surface area (Å²) in [5, 5.41) is 14.0. The van der Waals surface area contributed by atoms with E-state index in [2.05, 4.69) is 31.4 Å². The molecule has 2 rings (SSSR count). The second-order valence-electron chi connectivity index (χ2n) is 6.94. The molecule has 0 atom stereocenters. The van der Waals surface area contributed by atoms with Crippen molar-refractivity contribution in [2.24, 2.45) is 0 Å². The molecule has 0 heterocycles. The molecule has 0 aliphatic carbocycles. The van der Waals surface area contributed by atoms with Gasteiger partial charge in [-0.2, -0.15) is 0 Å². The van der Waals surface area contributed by atoms with E-state index in [1.54, 1.807) is 18.2 Å². The summed E-state index contributed by atoms with van der Waals surface area (Å²) in [5.74, 6) is -1.86. The Morgan fingerprint density at radius 3 is 2.19 bits per heavy atom. The first-order valence-corrected chi connectivity index (χ1v) is 8.19. The lowest BCUT2D eigenvalue weighted by Gasteiger charge is -2.19. The molecule has 0 aliphatic heterocycles. The molecule has 26 heavy (non-hydrogen) atoms. The number of carbonyl (C=O) groups is 3. The number of aromatic carboxylic acids is 1. The standard InChI is InChI=1S/C20H22N2O4/c1-20(2,3)15-9-7-13(8-10-15)18(24)21-12-17(23)22-16-6-4-5-14(11-16)19(25)26/h4-11H,12H2,1-3H3,(H,21,24)(H,22,23)(H,25,26). The van der Waals surface area contributed by atoms with Gasteiger partial charge in [-0.25, -0.2) is 4.79 Å². The van der Waals surface area contributed by atoms with Gasteiger partial charge < -0.3 is 15.7 Å². The van der Waals surface area contributed by atoms with Gasteiger partial charge >= 0.3 is 5.97 Å².